The minimum atomic E-state index is -0.659. The lowest BCUT2D eigenvalue weighted by Gasteiger charge is -2.36. The summed E-state index contributed by atoms with van der Waals surface area (Å²) in [7, 11) is 0. The number of hydrogen-bond donors (Lipinski definition) is 3. The average Bonchev–Trinajstić information content (AvgIpc) is 3.02. The molecule has 2 fully saturated rings. The molecule has 1 saturated carbocycles. The highest BCUT2D eigenvalue weighted by molar-refractivity contribution is 7.12. The second-order valence-corrected chi connectivity index (χ2v) is 7.93. The summed E-state index contributed by atoms with van der Waals surface area (Å²) in [6.45, 7) is 6.58. The Morgan fingerprint density at radius 2 is 2.09 bits per heavy atom. The second kappa shape index (κ2) is 6.24. The SMILES string of the molecule is CCc1sc([C@@H](C)NC2CCC3(CC2)NC(=O)NC3=O)cc1C. The van der Waals surface area contributed by atoms with Crippen LogP contribution >= 0.6 is 11.3 Å². The van der Waals surface area contributed by atoms with Gasteiger partial charge in [-0.2, -0.15) is 0 Å². The summed E-state index contributed by atoms with van der Waals surface area (Å²) in [5.74, 6) is -0.157. The molecule has 1 spiro atoms. The fourth-order valence-corrected chi connectivity index (χ4v) is 4.83. The molecule has 23 heavy (non-hydrogen) atoms. The van der Waals surface area contributed by atoms with Gasteiger partial charge in [-0.15, -0.1) is 11.3 Å². The van der Waals surface area contributed by atoms with E-state index in [0.29, 0.717) is 24.9 Å². The first-order valence-corrected chi connectivity index (χ1v) is 9.24. The molecule has 6 heteroatoms. The van der Waals surface area contributed by atoms with E-state index in [1.807, 2.05) is 11.3 Å². The van der Waals surface area contributed by atoms with Crippen LogP contribution in [0.25, 0.3) is 0 Å². The van der Waals surface area contributed by atoms with Gasteiger partial charge in [0.05, 0.1) is 0 Å². The Morgan fingerprint density at radius 1 is 1.39 bits per heavy atom. The molecule has 3 amide bonds. The fourth-order valence-electron chi connectivity index (χ4n) is 3.70. The van der Waals surface area contributed by atoms with Crippen molar-refractivity contribution < 1.29 is 9.59 Å². The Kier molecular flexibility index (Phi) is 4.47. The van der Waals surface area contributed by atoms with Crippen LogP contribution in [-0.2, 0) is 11.2 Å². The standard InChI is InChI=1S/C17H25N3O2S/c1-4-13-10(2)9-14(23-13)11(3)18-12-5-7-17(8-6-12)15(21)19-16(22)20-17/h9,11-12,18H,4-8H2,1-3H3,(H2,19,20,21,22)/t11-,12?,17?/m1/s1. The summed E-state index contributed by atoms with van der Waals surface area (Å²) < 4.78 is 0. The maximum Gasteiger partial charge on any atom is 0.322 e. The van der Waals surface area contributed by atoms with Gasteiger partial charge < -0.3 is 10.6 Å². The van der Waals surface area contributed by atoms with Crippen LogP contribution in [0.5, 0.6) is 0 Å². The van der Waals surface area contributed by atoms with Crippen molar-refractivity contribution in [2.24, 2.45) is 0 Å². The summed E-state index contributed by atoms with van der Waals surface area (Å²) in [6.07, 6.45) is 4.31. The number of imide groups is 1. The van der Waals surface area contributed by atoms with Gasteiger partial charge in [-0.3, -0.25) is 10.1 Å². The zero-order chi connectivity index (χ0) is 16.6. The highest BCUT2D eigenvalue weighted by Gasteiger charge is 2.48. The van der Waals surface area contributed by atoms with Crippen molar-refractivity contribution in [1.82, 2.24) is 16.0 Å². The molecule has 5 nitrogen and oxygen atoms in total. The predicted molar refractivity (Wildman–Crippen MR) is 91.6 cm³/mol. The Bertz CT molecular complexity index is 617. The van der Waals surface area contributed by atoms with Gasteiger partial charge in [0.25, 0.3) is 5.91 Å². The number of carbonyl (C=O) groups is 2. The Labute approximate surface area is 141 Å². The maximum atomic E-state index is 12.0. The summed E-state index contributed by atoms with van der Waals surface area (Å²) in [5, 5.41) is 8.88. The van der Waals surface area contributed by atoms with Gasteiger partial charge in [0.2, 0.25) is 0 Å². The molecule has 0 unspecified atom stereocenters. The van der Waals surface area contributed by atoms with E-state index >= 15 is 0 Å². The van der Waals surface area contributed by atoms with Crippen LogP contribution in [-0.4, -0.2) is 23.5 Å². The van der Waals surface area contributed by atoms with Gasteiger partial charge in [-0.25, -0.2) is 4.79 Å². The van der Waals surface area contributed by atoms with Crippen LogP contribution in [0.3, 0.4) is 0 Å². The molecule has 0 radical (unpaired) electrons. The number of amides is 3. The van der Waals surface area contributed by atoms with Crippen molar-refractivity contribution >= 4 is 23.3 Å². The zero-order valence-corrected chi connectivity index (χ0v) is 14.8. The van der Waals surface area contributed by atoms with Crippen molar-refractivity contribution in [2.75, 3.05) is 0 Å². The fraction of sp³-hybridized carbons (Fsp3) is 0.647. The lowest BCUT2D eigenvalue weighted by molar-refractivity contribution is -0.125. The van der Waals surface area contributed by atoms with Crippen LogP contribution in [0.1, 0.15) is 60.9 Å². The van der Waals surface area contributed by atoms with E-state index in [0.717, 1.165) is 19.3 Å². The maximum absolute atomic E-state index is 12.0. The van der Waals surface area contributed by atoms with E-state index in [9.17, 15) is 9.59 Å². The quantitative estimate of drug-likeness (QED) is 0.741. The first kappa shape index (κ1) is 16.5. The number of nitrogens with one attached hydrogen (secondary N) is 3. The molecule has 1 atom stereocenters. The lowest BCUT2D eigenvalue weighted by Crippen LogP contribution is -2.52. The monoisotopic (exact) mass is 335 g/mol. The van der Waals surface area contributed by atoms with Crippen molar-refractivity contribution in [3.8, 4) is 0 Å². The van der Waals surface area contributed by atoms with E-state index in [-0.39, 0.29) is 11.9 Å². The van der Waals surface area contributed by atoms with Gasteiger partial charge in [0.1, 0.15) is 5.54 Å². The van der Waals surface area contributed by atoms with E-state index in [1.165, 1.54) is 15.3 Å². The molecular formula is C17H25N3O2S. The molecular weight excluding hydrogens is 310 g/mol. The molecule has 1 aromatic heterocycles. The second-order valence-electron chi connectivity index (χ2n) is 6.76. The molecule has 2 aliphatic rings. The van der Waals surface area contributed by atoms with Gasteiger partial charge in [-0.05, 0) is 57.6 Å². The normalized spacial score (nSPS) is 28.7. The third kappa shape index (κ3) is 3.15. The van der Waals surface area contributed by atoms with Crippen LogP contribution < -0.4 is 16.0 Å². The van der Waals surface area contributed by atoms with Gasteiger partial charge >= 0.3 is 6.03 Å². The van der Waals surface area contributed by atoms with E-state index in [2.05, 4.69) is 42.8 Å². The highest BCUT2D eigenvalue weighted by atomic mass is 32.1. The summed E-state index contributed by atoms with van der Waals surface area (Å²) in [4.78, 5) is 26.2. The first-order chi connectivity index (χ1) is 10.9. The third-order valence-electron chi connectivity index (χ3n) is 5.13. The van der Waals surface area contributed by atoms with Crippen LogP contribution in [0.2, 0.25) is 0 Å². The molecule has 3 N–H and O–H groups in total. The summed E-state index contributed by atoms with van der Waals surface area (Å²) >= 11 is 1.89. The predicted octanol–water partition coefficient (Wildman–Crippen LogP) is 2.79. The molecule has 3 rings (SSSR count). The molecule has 1 saturated heterocycles. The smallest absolute Gasteiger partial charge is 0.322 e. The van der Waals surface area contributed by atoms with Crippen LogP contribution in [0.15, 0.2) is 6.07 Å². The van der Waals surface area contributed by atoms with Crippen molar-refractivity contribution in [1.29, 1.82) is 0 Å². The molecule has 1 aliphatic carbocycles. The number of hydrogen-bond acceptors (Lipinski definition) is 4. The number of rotatable bonds is 4. The van der Waals surface area contributed by atoms with E-state index in [1.54, 1.807) is 0 Å². The highest BCUT2D eigenvalue weighted by Crippen LogP contribution is 2.33. The van der Waals surface area contributed by atoms with Crippen molar-refractivity contribution in [3.63, 3.8) is 0 Å². The number of thiophene rings is 1. The van der Waals surface area contributed by atoms with E-state index in [4.69, 9.17) is 0 Å². The topological polar surface area (TPSA) is 70.2 Å². The molecule has 1 aromatic rings. The third-order valence-corrected chi connectivity index (χ3v) is 6.69. The molecule has 0 aromatic carbocycles. The minimum Gasteiger partial charge on any atom is -0.323 e. The molecule has 2 heterocycles. The van der Waals surface area contributed by atoms with Crippen LogP contribution in [0.4, 0.5) is 4.79 Å². The van der Waals surface area contributed by atoms with Gasteiger partial charge in [0.15, 0.2) is 0 Å². The Hall–Kier alpha value is -1.40. The number of aryl methyl sites for hydroxylation is 2. The van der Waals surface area contributed by atoms with Gasteiger partial charge in [0, 0.05) is 21.8 Å². The minimum absolute atomic E-state index is 0.157. The summed E-state index contributed by atoms with van der Waals surface area (Å²) in [6, 6.07) is 2.66. The molecule has 126 valence electrons. The lowest BCUT2D eigenvalue weighted by atomic mass is 9.79. The van der Waals surface area contributed by atoms with Crippen molar-refractivity contribution in [2.45, 2.75) is 70.5 Å². The number of urea groups is 1. The summed E-state index contributed by atoms with van der Waals surface area (Å²) in [5.41, 5.74) is 0.724. The zero-order valence-electron chi connectivity index (χ0n) is 14.0. The average molecular weight is 335 g/mol. The van der Waals surface area contributed by atoms with Crippen molar-refractivity contribution in [3.05, 3.63) is 21.4 Å². The van der Waals surface area contributed by atoms with Crippen LogP contribution in [0, 0.1) is 6.92 Å². The Morgan fingerprint density at radius 3 is 2.61 bits per heavy atom. The van der Waals surface area contributed by atoms with E-state index < -0.39 is 5.54 Å². The molecule has 0 bridgehead atoms. The Balaban J connectivity index is 1.58. The first-order valence-electron chi connectivity index (χ1n) is 8.42. The largest absolute Gasteiger partial charge is 0.323 e. The van der Waals surface area contributed by atoms with Gasteiger partial charge in [-0.1, -0.05) is 6.92 Å². The number of carbonyl (C=O) groups excluding carboxylic acids is 2. The molecule has 1 aliphatic heterocycles.